The highest BCUT2D eigenvalue weighted by atomic mass is 32.2. The predicted octanol–water partition coefficient (Wildman–Crippen LogP) is 4.86. The van der Waals surface area contributed by atoms with Gasteiger partial charge in [-0.15, -0.1) is 11.8 Å². The lowest BCUT2D eigenvalue weighted by Gasteiger charge is -2.26. The standard InChI is InChI=1S/C22H17FN2O2S/c23-16-10-12-17(13-11-16)25-20(26)14-28-22(25)18-8-4-5-9-19(18)24-21(27)15-6-2-1-3-7-15/h1-13,22H,14H2,(H,24,27)/t22-/m0/s1. The van der Waals surface area contributed by atoms with Crippen molar-refractivity contribution in [3.8, 4) is 0 Å². The van der Waals surface area contributed by atoms with Gasteiger partial charge in [-0.3, -0.25) is 14.5 Å². The Labute approximate surface area is 166 Å². The molecule has 6 heteroatoms. The smallest absolute Gasteiger partial charge is 0.255 e. The van der Waals surface area contributed by atoms with Crippen LogP contribution >= 0.6 is 11.8 Å². The highest BCUT2D eigenvalue weighted by Gasteiger charge is 2.35. The second-order valence-electron chi connectivity index (χ2n) is 6.31. The van der Waals surface area contributed by atoms with Crippen LogP contribution in [0.5, 0.6) is 0 Å². The Balaban J connectivity index is 1.66. The van der Waals surface area contributed by atoms with E-state index >= 15 is 0 Å². The van der Waals surface area contributed by atoms with Crippen molar-refractivity contribution < 1.29 is 14.0 Å². The second-order valence-corrected chi connectivity index (χ2v) is 7.38. The summed E-state index contributed by atoms with van der Waals surface area (Å²) in [5, 5.41) is 2.65. The maximum Gasteiger partial charge on any atom is 0.255 e. The van der Waals surface area contributed by atoms with Gasteiger partial charge in [0.25, 0.3) is 5.91 Å². The first-order valence-electron chi connectivity index (χ1n) is 8.78. The van der Waals surface area contributed by atoms with E-state index in [0.717, 1.165) is 5.56 Å². The molecule has 1 atom stereocenters. The average Bonchev–Trinajstić information content (AvgIpc) is 3.11. The molecule has 3 aromatic carbocycles. The number of anilines is 2. The van der Waals surface area contributed by atoms with Gasteiger partial charge < -0.3 is 5.32 Å². The van der Waals surface area contributed by atoms with E-state index in [0.29, 0.717) is 22.7 Å². The molecule has 0 unspecified atom stereocenters. The first kappa shape index (κ1) is 18.3. The van der Waals surface area contributed by atoms with Crippen LogP contribution in [-0.4, -0.2) is 17.6 Å². The van der Waals surface area contributed by atoms with Gasteiger partial charge in [-0.2, -0.15) is 0 Å². The molecule has 1 N–H and O–H groups in total. The molecule has 0 saturated carbocycles. The topological polar surface area (TPSA) is 49.4 Å². The molecule has 0 spiro atoms. The number of benzene rings is 3. The van der Waals surface area contributed by atoms with E-state index in [1.54, 1.807) is 29.2 Å². The summed E-state index contributed by atoms with van der Waals surface area (Å²) >= 11 is 1.48. The van der Waals surface area contributed by atoms with E-state index in [2.05, 4.69) is 5.32 Å². The Hall–Kier alpha value is -3.12. The number of hydrogen-bond acceptors (Lipinski definition) is 3. The fourth-order valence-electron chi connectivity index (χ4n) is 3.15. The van der Waals surface area contributed by atoms with Crippen molar-refractivity contribution in [3.63, 3.8) is 0 Å². The third-order valence-corrected chi connectivity index (χ3v) is 5.68. The Morgan fingerprint density at radius 1 is 0.964 bits per heavy atom. The van der Waals surface area contributed by atoms with Crippen molar-refractivity contribution in [2.24, 2.45) is 0 Å². The molecule has 1 aliphatic rings. The molecule has 0 bridgehead atoms. The quantitative estimate of drug-likeness (QED) is 0.690. The number of carbonyl (C=O) groups is 2. The number of amides is 2. The molecule has 1 aliphatic heterocycles. The molecule has 4 rings (SSSR count). The molecular weight excluding hydrogens is 375 g/mol. The normalized spacial score (nSPS) is 16.2. The minimum absolute atomic E-state index is 0.0502. The van der Waals surface area contributed by atoms with Gasteiger partial charge in [0.15, 0.2) is 0 Å². The van der Waals surface area contributed by atoms with Crippen molar-refractivity contribution in [1.82, 2.24) is 0 Å². The van der Waals surface area contributed by atoms with Gasteiger partial charge >= 0.3 is 0 Å². The number of para-hydroxylation sites is 1. The number of thioether (sulfide) groups is 1. The number of rotatable bonds is 4. The molecule has 0 aromatic heterocycles. The van der Waals surface area contributed by atoms with E-state index in [4.69, 9.17) is 0 Å². The zero-order valence-electron chi connectivity index (χ0n) is 14.8. The largest absolute Gasteiger partial charge is 0.322 e. The van der Waals surface area contributed by atoms with E-state index in [9.17, 15) is 14.0 Å². The van der Waals surface area contributed by atoms with E-state index in [1.807, 2.05) is 42.5 Å². The zero-order chi connectivity index (χ0) is 19.5. The molecule has 140 valence electrons. The van der Waals surface area contributed by atoms with Crippen LogP contribution in [0.4, 0.5) is 15.8 Å². The summed E-state index contributed by atoms with van der Waals surface area (Å²) in [6.45, 7) is 0. The Bertz CT molecular complexity index is 1010. The van der Waals surface area contributed by atoms with Gasteiger partial charge in [-0.25, -0.2) is 4.39 Å². The van der Waals surface area contributed by atoms with Crippen LogP contribution in [-0.2, 0) is 4.79 Å². The SMILES string of the molecule is O=C(Nc1ccccc1[C@@H]1SCC(=O)N1c1ccc(F)cc1)c1ccccc1. The predicted molar refractivity (Wildman–Crippen MR) is 110 cm³/mol. The van der Waals surface area contributed by atoms with Crippen molar-refractivity contribution in [3.05, 3.63) is 95.8 Å². The summed E-state index contributed by atoms with van der Waals surface area (Å²) < 4.78 is 13.3. The van der Waals surface area contributed by atoms with Crippen LogP contribution in [0, 0.1) is 5.82 Å². The van der Waals surface area contributed by atoms with Crippen LogP contribution in [0.25, 0.3) is 0 Å². The van der Waals surface area contributed by atoms with E-state index < -0.39 is 0 Å². The molecule has 28 heavy (non-hydrogen) atoms. The molecule has 1 saturated heterocycles. The maximum atomic E-state index is 13.3. The first-order chi connectivity index (χ1) is 13.6. The second kappa shape index (κ2) is 7.86. The molecule has 0 radical (unpaired) electrons. The summed E-state index contributed by atoms with van der Waals surface area (Å²) in [6, 6.07) is 22.3. The molecule has 1 heterocycles. The maximum absolute atomic E-state index is 13.3. The Kier molecular flexibility index (Phi) is 5.12. The minimum Gasteiger partial charge on any atom is -0.322 e. The van der Waals surface area contributed by atoms with Crippen LogP contribution < -0.4 is 10.2 Å². The molecule has 3 aromatic rings. The van der Waals surface area contributed by atoms with Gasteiger partial charge in [-0.1, -0.05) is 36.4 Å². The number of nitrogens with zero attached hydrogens (tertiary/aromatic N) is 1. The lowest BCUT2D eigenvalue weighted by Crippen LogP contribution is -2.28. The summed E-state index contributed by atoms with van der Waals surface area (Å²) in [5.74, 6) is -0.292. The third-order valence-electron chi connectivity index (χ3n) is 4.48. The Morgan fingerprint density at radius 2 is 1.64 bits per heavy atom. The fraction of sp³-hybridized carbons (Fsp3) is 0.0909. The number of hydrogen-bond donors (Lipinski definition) is 1. The summed E-state index contributed by atoms with van der Waals surface area (Å²) in [5.41, 5.74) is 2.66. The lowest BCUT2D eigenvalue weighted by molar-refractivity contribution is -0.115. The van der Waals surface area contributed by atoms with Crippen molar-refractivity contribution in [2.75, 3.05) is 16.0 Å². The van der Waals surface area contributed by atoms with Gasteiger partial charge in [0.05, 0.1) is 5.75 Å². The summed E-state index contributed by atoms with van der Waals surface area (Å²) in [7, 11) is 0. The summed E-state index contributed by atoms with van der Waals surface area (Å²) in [6.07, 6.45) is 0. The minimum atomic E-state index is -0.352. The monoisotopic (exact) mass is 392 g/mol. The number of carbonyl (C=O) groups excluding carboxylic acids is 2. The van der Waals surface area contributed by atoms with E-state index in [1.165, 1.54) is 23.9 Å². The number of nitrogens with one attached hydrogen (secondary N) is 1. The van der Waals surface area contributed by atoms with Crippen LogP contribution in [0.2, 0.25) is 0 Å². The fourth-order valence-corrected chi connectivity index (χ4v) is 4.36. The van der Waals surface area contributed by atoms with E-state index in [-0.39, 0.29) is 23.0 Å². The van der Waals surface area contributed by atoms with Gasteiger partial charge in [0, 0.05) is 22.5 Å². The first-order valence-corrected chi connectivity index (χ1v) is 9.83. The molecule has 4 nitrogen and oxygen atoms in total. The molecule has 2 amide bonds. The van der Waals surface area contributed by atoms with Crippen LogP contribution in [0.3, 0.4) is 0 Å². The van der Waals surface area contributed by atoms with Gasteiger partial charge in [0.1, 0.15) is 11.2 Å². The highest BCUT2D eigenvalue weighted by molar-refractivity contribution is 8.00. The Morgan fingerprint density at radius 3 is 2.39 bits per heavy atom. The highest BCUT2D eigenvalue weighted by Crippen LogP contribution is 2.44. The molecule has 0 aliphatic carbocycles. The lowest BCUT2D eigenvalue weighted by atomic mass is 10.1. The average molecular weight is 392 g/mol. The zero-order valence-corrected chi connectivity index (χ0v) is 15.7. The van der Waals surface area contributed by atoms with Gasteiger partial charge in [-0.05, 0) is 42.5 Å². The summed E-state index contributed by atoms with van der Waals surface area (Å²) in [4.78, 5) is 26.8. The van der Waals surface area contributed by atoms with Gasteiger partial charge in [0.2, 0.25) is 5.91 Å². The van der Waals surface area contributed by atoms with Crippen molar-refractivity contribution in [2.45, 2.75) is 5.37 Å². The van der Waals surface area contributed by atoms with Crippen molar-refractivity contribution in [1.29, 1.82) is 0 Å². The van der Waals surface area contributed by atoms with Crippen molar-refractivity contribution >= 4 is 35.0 Å². The number of halogens is 1. The molecule has 1 fully saturated rings. The molecular formula is C22H17FN2O2S. The third kappa shape index (κ3) is 3.64. The van der Waals surface area contributed by atoms with Crippen LogP contribution in [0.1, 0.15) is 21.3 Å². The van der Waals surface area contributed by atoms with Crippen LogP contribution in [0.15, 0.2) is 78.9 Å².